The number of carbonyl (C=O) groups is 1. The number of hydrogen-bond donors (Lipinski definition) is 1. The minimum Gasteiger partial charge on any atom is -0.480 e. The lowest BCUT2D eigenvalue weighted by Crippen LogP contribution is -2.06. The van der Waals surface area contributed by atoms with E-state index in [1.807, 2.05) is 42.5 Å². The molecule has 0 aliphatic heterocycles. The number of ether oxygens (including phenoxy) is 1. The Bertz CT molecular complexity index is 505. The van der Waals surface area contributed by atoms with Gasteiger partial charge in [-0.15, -0.1) is 0 Å². The number of benzene rings is 2. The van der Waals surface area contributed by atoms with Gasteiger partial charge in [-0.3, -0.25) is 0 Å². The molecule has 2 aromatic carbocycles. The number of aliphatic carboxylic acids is 1. The Kier molecular flexibility index (Phi) is 3.17. The van der Waals surface area contributed by atoms with E-state index in [1.54, 1.807) is 0 Å². The van der Waals surface area contributed by atoms with E-state index in [9.17, 15) is 4.79 Å². The third-order valence-corrected chi connectivity index (χ3v) is 2.31. The van der Waals surface area contributed by atoms with E-state index < -0.39 is 5.97 Å². The van der Waals surface area contributed by atoms with Crippen molar-refractivity contribution in [3.8, 4) is 0 Å². The van der Waals surface area contributed by atoms with Crippen LogP contribution < -0.4 is 0 Å². The maximum atomic E-state index is 10.3. The van der Waals surface area contributed by atoms with E-state index in [2.05, 4.69) is 0 Å². The van der Waals surface area contributed by atoms with Crippen LogP contribution in [-0.4, -0.2) is 17.7 Å². The average Bonchev–Trinajstić information content (AvgIpc) is 2.28. The lowest BCUT2D eigenvalue weighted by Gasteiger charge is -2.03. The van der Waals surface area contributed by atoms with E-state index >= 15 is 0 Å². The molecule has 0 fully saturated rings. The lowest BCUT2D eigenvalue weighted by atomic mass is 10.1. The summed E-state index contributed by atoms with van der Waals surface area (Å²) in [4.78, 5) is 10.3. The van der Waals surface area contributed by atoms with Crippen LogP contribution in [0.5, 0.6) is 0 Å². The van der Waals surface area contributed by atoms with Gasteiger partial charge in [-0.2, -0.15) is 0 Å². The van der Waals surface area contributed by atoms with Gasteiger partial charge >= 0.3 is 5.97 Å². The van der Waals surface area contributed by atoms with Gasteiger partial charge in [0.15, 0.2) is 0 Å². The SMILES string of the molecule is O=C(O)COCc1ccc2ccccc2c1. The second kappa shape index (κ2) is 4.77. The predicted octanol–water partition coefficient (Wildman–Crippen LogP) is 2.44. The van der Waals surface area contributed by atoms with Crippen LogP contribution in [0.25, 0.3) is 10.8 Å². The predicted molar refractivity (Wildman–Crippen MR) is 61.2 cm³/mol. The van der Waals surface area contributed by atoms with Gasteiger partial charge in [-0.1, -0.05) is 36.4 Å². The molecule has 0 heterocycles. The summed E-state index contributed by atoms with van der Waals surface area (Å²) in [6.07, 6.45) is 0. The first-order valence-corrected chi connectivity index (χ1v) is 5.03. The minimum atomic E-state index is -0.944. The van der Waals surface area contributed by atoms with Gasteiger partial charge in [-0.25, -0.2) is 4.79 Å². The molecular weight excluding hydrogens is 204 g/mol. The van der Waals surface area contributed by atoms with Crippen LogP contribution in [0.4, 0.5) is 0 Å². The molecule has 0 aliphatic carbocycles. The molecule has 0 amide bonds. The van der Waals surface area contributed by atoms with Gasteiger partial charge in [-0.05, 0) is 22.4 Å². The number of hydrogen-bond acceptors (Lipinski definition) is 2. The summed E-state index contributed by atoms with van der Waals surface area (Å²) >= 11 is 0. The molecule has 0 radical (unpaired) electrons. The summed E-state index contributed by atoms with van der Waals surface area (Å²) < 4.78 is 5.03. The molecule has 0 unspecified atom stereocenters. The highest BCUT2D eigenvalue weighted by Gasteiger charge is 1.99. The molecule has 0 atom stereocenters. The first kappa shape index (κ1) is 10.6. The Morgan fingerprint density at radius 1 is 1.12 bits per heavy atom. The van der Waals surface area contributed by atoms with Crippen LogP contribution in [0, 0.1) is 0 Å². The summed E-state index contributed by atoms with van der Waals surface area (Å²) in [5.41, 5.74) is 0.986. The molecular formula is C13H12O3. The standard InChI is InChI=1S/C13H12O3/c14-13(15)9-16-8-10-5-6-11-3-1-2-4-12(11)7-10/h1-7H,8-9H2,(H,14,15). The first-order chi connectivity index (χ1) is 7.75. The van der Waals surface area contributed by atoms with Crippen molar-refractivity contribution >= 4 is 16.7 Å². The fraction of sp³-hybridized carbons (Fsp3) is 0.154. The Balaban J connectivity index is 2.10. The zero-order valence-electron chi connectivity index (χ0n) is 8.72. The van der Waals surface area contributed by atoms with Crippen molar-refractivity contribution in [3.63, 3.8) is 0 Å². The van der Waals surface area contributed by atoms with Gasteiger partial charge < -0.3 is 9.84 Å². The summed E-state index contributed by atoms with van der Waals surface area (Å²) in [5, 5.41) is 10.7. The van der Waals surface area contributed by atoms with Crippen LogP contribution in [0.1, 0.15) is 5.56 Å². The van der Waals surface area contributed by atoms with Crippen LogP contribution >= 0.6 is 0 Å². The fourth-order valence-electron chi connectivity index (χ4n) is 1.58. The van der Waals surface area contributed by atoms with E-state index in [-0.39, 0.29) is 6.61 Å². The number of carboxylic acids is 1. The third-order valence-electron chi connectivity index (χ3n) is 2.31. The maximum Gasteiger partial charge on any atom is 0.329 e. The van der Waals surface area contributed by atoms with Gasteiger partial charge in [0, 0.05) is 0 Å². The van der Waals surface area contributed by atoms with Gasteiger partial charge in [0.25, 0.3) is 0 Å². The smallest absolute Gasteiger partial charge is 0.329 e. The summed E-state index contributed by atoms with van der Waals surface area (Å²) in [6, 6.07) is 14.0. The van der Waals surface area contributed by atoms with Crippen molar-refractivity contribution in [1.29, 1.82) is 0 Å². The second-order valence-corrected chi connectivity index (χ2v) is 3.57. The van der Waals surface area contributed by atoms with E-state index in [0.29, 0.717) is 6.61 Å². The van der Waals surface area contributed by atoms with Crippen molar-refractivity contribution < 1.29 is 14.6 Å². The van der Waals surface area contributed by atoms with E-state index in [4.69, 9.17) is 9.84 Å². The molecule has 82 valence electrons. The minimum absolute atomic E-state index is 0.257. The highest BCUT2D eigenvalue weighted by Crippen LogP contribution is 2.15. The quantitative estimate of drug-likeness (QED) is 0.853. The normalized spacial score (nSPS) is 10.5. The summed E-state index contributed by atoms with van der Waals surface area (Å²) in [7, 11) is 0. The van der Waals surface area contributed by atoms with E-state index in [0.717, 1.165) is 10.9 Å². The fourth-order valence-corrected chi connectivity index (χ4v) is 1.58. The summed E-state index contributed by atoms with van der Waals surface area (Å²) in [5.74, 6) is -0.944. The van der Waals surface area contributed by atoms with Crippen molar-refractivity contribution in [2.24, 2.45) is 0 Å². The largest absolute Gasteiger partial charge is 0.480 e. The van der Waals surface area contributed by atoms with Gasteiger partial charge in [0.05, 0.1) is 6.61 Å². The van der Waals surface area contributed by atoms with Crippen LogP contribution in [-0.2, 0) is 16.1 Å². The summed E-state index contributed by atoms with van der Waals surface area (Å²) in [6.45, 7) is 0.0734. The van der Waals surface area contributed by atoms with E-state index in [1.165, 1.54) is 5.39 Å². The molecule has 2 aromatic rings. The molecule has 0 saturated heterocycles. The van der Waals surface area contributed by atoms with Crippen molar-refractivity contribution in [2.45, 2.75) is 6.61 Å². The Morgan fingerprint density at radius 3 is 2.62 bits per heavy atom. The molecule has 1 N–H and O–H groups in total. The molecule has 3 nitrogen and oxygen atoms in total. The van der Waals surface area contributed by atoms with Gasteiger partial charge in [0.1, 0.15) is 6.61 Å². The average molecular weight is 216 g/mol. The maximum absolute atomic E-state index is 10.3. The zero-order valence-corrected chi connectivity index (χ0v) is 8.72. The second-order valence-electron chi connectivity index (χ2n) is 3.57. The molecule has 0 saturated carbocycles. The van der Waals surface area contributed by atoms with Crippen molar-refractivity contribution in [3.05, 3.63) is 48.0 Å². The molecule has 16 heavy (non-hydrogen) atoms. The lowest BCUT2D eigenvalue weighted by molar-refractivity contribution is -0.142. The molecule has 0 aromatic heterocycles. The molecule has 0 spiro atoms. The monoisotopic (exact) mass is 216 g/mol. The number of carboxylic acid groups (broad SMARTS) is 1. The molecule has 2 rings (SSSR count). The van der Waals surface area contributed by atoms with Crippen molar-refractivity contribution in [1.82, 2.24) is 0 Å². The highest BCUT2D eigenvalue weighted by atomic mass is 16.5. The zero-order chi connectivity index (χ0) is 11.4. The molecule has 3 heteroatoms. The Morgan fingerprint density at radius 2 is 1.88 bits per heavy atom. The topological polar surface area (TPSA) is 46.5 Å². The number of fused-ring (bicyclic) bond motifs is 1. The van der Waals surface area contributed by atoms with Crippen LogP contribution in [0.2, 0.25) is 0 Å². The number of rotatable bonds is 4. The van der Waals surface area contributed by atoms with Crippen LogP contribution in [0.3, 0.4) is 0 Å². The van der Waals surface area contributed by atoms with Crippen molar-refractivity contribution in [2.75, 3.05) is 6.61 Å². The third kappa shape index (κ3) is 2.58. The Labute approximate surface area is 93.3 Å². The Hall–Kier alpha value is -1.87. The molecule has 0 aliphatic rings. The van der Waals surface area contributed by atoms with Gasteiger partial charge in [0.2, 0.25) is 0 Å². The molecule has 0 bridgehead atoms. The van der Waals surface area contributed by atoms with Crippen LogP contribution in [0.15, 0.2) is 42.5 Å². The highest BCUT2D eigenvalue weighted by molar-refractivity contribution is 5.82. The first-order valence-electron chi connectivity index (χ1n) is 5.03.